The van der Waals surface area contributed by atoms with Crippen molar-refractivity contribution in [3.05, 3.63) is 17.8 Å². The Hall–Kier alpha value is -1.16. The van der Waals surface area contributed by atoms with Crippen LogP contribution < -0.4 is 4.90 Å². The van der Waals surface area contributed by atoms with Gasteiger partial charge in [0.1, 0.15) is 0 Å². The van der Waals surface area contributed by atoms with E-state index in [1.165, 1.54) is 6.42 Å². The molecule has 1 N–H and O–H groups in total. The Morgan fingerprint density at radius 2 is 2.20 bits per heavy atom. The maximum Gasteiger partial charge on any atom is 0.150 e. The van der Waals surface area contributed by atoms with Crippen molar-refractivity contribution in [1.82, 2.24) is 10.2 Å². The second kappa shape index (κ2) is 4.14. The summed E-state index contributed by atoms with van der Waals surface area (Å²) in [5.74, 6) is 2.55. The van der Waals surface area contributed by atoms with Crippen molar-refractivity contribution in [2.75, 3.05) is 18.5 Å². The Balaban J connectivity index is 1.95. The minimum atomic E-state index is -0.0450. The van der Waals surface area contributed by atoms with Crippen LogP contribution in [0.25, 0.3) is 0 Å². The number of anilines is 1. The molecule has 0 radical (unpaired) electrons. The molecule has 2 atom stereocenters. The van der Waals surface area contributed by atoms with Gasteiger partial charge in [-0.1, -0.05) is 6.92 Å². The number of aromatic nitrogens is 2. The van der Waals surface area contributed by atoms with Gasteiger partial charge in [-0.3, -0.25) is 0 Å². The third kappa shape index (κ3) is 2.45. The van der Waals surface area contributed by atoms with E-state index in [0.717, 1.165) is 24.2 Å². The maximum absolute atomic E-state index is 8.84. The molecular formula is C11H17N3O. The SMILES string of the molecule is CC1CC1CN(C)c1ccc(CO)nn1. The summed E-state index contributed by atoms with van der Waals surface area (Å²) in [5.41, 5.74) is 0.618. The first kappa shape index (κ1) is 10.4. The van der Waals surface area contributed by atoms with Crippen LogP contribution in [0.3, 0.4) is 0 Å². The van der Waals surface area contributed by atoms with Crippen LogP contribution in [0, 0.1) is 11.8 Å². The smallest absolute Gasteiger partial charge is 0.150 e. The van der Waals surface area contributed by atoms with Crippen LogP contribution >= 0.6 is 0 Å². The van der Waals surface area contributed by atoms with Crippen LogP contribution in [0.1, 0.15) is 19.0 Å². The number of aliphatic hydroxyl groups is 1. The summed E-state index contributed by atoms with van der Waals surface area (Å²) >= 11 is 0. The number of rotatable bonds is 4. The van der Waals surface area contributed by atoms with Crippen LogP contribution in [0.5, 0.6) is 0 Å². The highest BCUT2D eigenvalue weighted by molar-refractivity contribution is 5.36. The number of hydrogen-bond donors (Lipinski definition) is 1. The van der Waals surface area contributed by atoms with Gasteiger partial charge in [0.25, 0.3) is 0 Å². The van der Waals surface area contributed by atoms with E-state index >= 15 is 0 Å². The molecule has 0 amide bonds. The summed E-state index contributed by atoms with van der Waals surface area (Å²) in [5, 5.41) is 16.8. The molecule has 1 aliphatic rings. The van der Waals surface area contributed by atoms with E-state index in [-0.39, 0.29) is 6.61 Å². The second-order valence-electron chi connectivity index (χ2n) is 4.39. The minimum Gasteiger partial charge on any atom is -0.390 e. The van der Waals surface area contributed by atoms with Crippen molar-refractivity contribution < 1.29 is 5.11 Å². The fourth-order valence-electron chi connectivity index (χ4n) is 1.74. The average Bonchev–Trinajstić information content (AvgIpc) is 2.94. The van der Waals surface area contributed by atoms with E-state index in [1.807, 2.05) is 19.2 Å². The molecule has 82 valence electrons. The van der Waals surface area contributed by atoms with Crippen molar-refractivity contribution in [1.29, 1.82) is 0 Å². The first-order valence-corrected chi connectivity index (χ1v) is 5.35. The summed E-state index contributed by atoms with van der Waals surface area (Å²) in [6, 6.07) is 3.72. The van der Waals surface area contributed by atoms with Gasteiger partial charge in [0.2, 0.25) is 0 Å². The van der Waals surface area contributed by atoms with Gasteiger partial charge in [-0.05, 0) is 30.4 Å². The van der Waals surface area contributed by atoms with Crippen molar-refractivity contribution in [3.8, 4) is 0 Å². The van der Waals surface area contributed by atoms with E-state index in [2.05, 4.69) is 22.0 Å². The average molecular weight is 207 g/mol. The number of aliphatic hydroxyl groups excluding tert-OH is 1. The monoisotopic (exact) mass is 207 g/mol. The topological polar surface area (TPSA) is 49.2 Å². The molecule has 0 spiro atoms. The highest BCUT2D eigenvalue weighted by Gasteiger charge is 2.33. The zero-order chi connectivity index (χ0) is 10.8. The molecule has 1 aliphatic carbocycles. The Morgan fingerprint density at radius 1 is 1.47 bits per heavy atom. The third-order valence-electron chi connectivity index (χ3n) is 3.04. The van der Waals surface area contributed by atoms with E-state index < -0.39 is 0 Å². The van der Waals surface area contributed by atoms with Gasteiger partial charge < -0.3 is 10.0 Å². The van der Waals surface area contributed by atoms with E-state index in [4.69, 9.17) is 5.11 Å². The molecule has 1 fully saturated rings. The molecule has 1 aromatic rings. The number of nitrogens with zero attached hydrogens (tertiary/aromatic N) is 3. The fraction of sp³-hybridized carbons (Fsp3) is 0.636. The quantitative estimate of drug-likeness (QED) is 0.802. The molecular weight excluding hydrogens is 190 g/mol. The molecule has 4 heteroatoms. The lowest BCUT2D eigenvalue weighted by Gasteiger charge is -2.17. The van der Waals surface area contributed by atoms with E-state index in [9.17, 15) is 0 Å². The van der Waals surface area contributed by atoms with Gasteiger partial charge in [-0.25, -0.2) is 0 Å². The molecule has 1 saturated carbocycles. The Kier molecular flexibility index (Phi) is 2.86. The molecule has 1 heterocycles. The van der Waals surface area contributed by atoms with Gasteiger partial charge >= 0.3 is 0 Å². The van der Waals surface area contributed by atoms with Crippen molar-refractivity contribution in [2.45, 2.75) is 20.0 Å². The lowest BCUT2D eigenvalue weighted by Crippen LogP contribution is -2.22. The second-order valence-corrected chi connectivity index (χ2v) is 4.39. The maximum atomic E-state index is 8.84. The fourth-order valence-corrected chi connectivity index (χ4v) is 1.74. The molecule has 15 heavy (non-hydrogen) atoms. The van der Waals surface area contributed by atoms with Crippen LogP contribution in [0.15, 0.2) is 12.1 Å². The first-order chi connectivity index (χ1) is 7.20. The Morgan fingerprint density at radius 3 is 2.67 bits per heavy atom. The van der Waals surface area contributed by atoms with Crippen molar-refractivity contribution in [2.24, 2.45) is 11.8 Å². The predicted octanol–water partition coefficient (Wildman–Crippen LogP) is 1.06. The predicted molar refractivity (Wildman–Crippen MR) is 58.5 cm³/mol. The number of hydrogen-bond acceptors (Lipinski definition) is 4. The summed E-state index contributed by atoms with van der Waals surface area (Å²) in [6.45, 7) is 3.28. The van der Waals surface area contributed by atoms with Gasteiger partial charge in [-0.2, -0.15) is 5.10 Å². The van der Waals surface area contributed by atoms with Crippen molar-refractivity contribution in [3.63, 3.8) is 0 Å². The molecule has 4 nitrogen and oxygen atoms in total. The molecule has 0 bridgehead atoms. The summed E-state index contributed by atoms with van der Waals surface area (Å²) in [7, 11) is 2.04. The highest BCUT2D eigenvalue weighted by atomic mass is 16.3. The largest absolute Gasteiger partial charge is 0.390 e. The lowest BCUT2D eigenvalue weighted by molar-refractivity contribution is 0.275. The minimum absolute atomic E-state index is 0.0450. The van der Waals surface area contributed by atoms with Gasteiger partial charge in [0.05, 0.1) is 12.3 Å². The summed E-state index contributed by atoms with van der Waals surface area (Å²) in [6.07, 6.45) is 1.33. The zero-order valence-electron chi connectivity index (χ0n) is 9.22. The van der Waals surface area contributed by atoms with Crippen molar-refractivity contribution >= 4 is 5.82 Å². The lowest BCUT2D eigenvalue weighted by atomic mass is 10.3. The summed E-state index contributed by atoms with van der Waals surface area (Å²) in [4.78, 5) is 2.13. The molecule has 0 aliphatic heterocycles. The highest BCUT2D eigenvalue weighted by Crippen LogP contribution is 2.38. The normalized spacial score (nSPS) is 23.9. The molecule has 2 unspecified atom stereocenters. The summed E-state index contributed by atoms with van der Waals surface area (Å²) < 4.78 is 0. The first-order valence-electron chi connectivity index (χ1n) is 5.35. The van der Waals surface area contributed by atoms with Crippen LogP contribution in [-0.4, -0.2) is 28.9 Å². The third-order valence-corrected chi connectivity index (χ3v) is 3.04. The molecule has 0 aromatic carbocycles. The van der Waals surface area contributed by atoms with Gasteiger partial charge in [0, 0.05) is 13.6 Å². The molecule has 1 aromatic heterocycles. The Bertz CT molecular complexity index is 325. The van der Waals surface area contributed by atoms with Gasteiger partial charge in [0.15, 0.2) is 5.82 Å². The van der Waals surface area contributed by atoms with E-state index in [0.29, 0.717) is 5.69 Å². The van der Waals surface area contributed by atoms with Crippen LogP contribution in [-0.2, 0) is 6.61 Å². The molecule has 0 saturated heterocycles. The Labute approximate surface area is 89.9 Å². The van der Waals surface area contributed by atoms with Crippen LogP contribution in [0.4, 0.5) is 5.82 Å². The zero-order valence-corrected chi connectivity index (χ0v) is 9.22. The van der Waals surface area contributed by atoms with Crippen LogP contribution in [0.2, 0.25) is 0 Å². The van der Waals surface area contributed by atoms with Gasteiger partial charge in [-0.15, -0.1) is 5.10 Å². The molecule has 2 rings (SSSR count). The van der Waals surface area contributed by atoms with E-state index in [1.54, 1.807) is 0 Å². The standard InChI is InChI=1S/C11H17N3O/c1-8-5-9(8)6-14(2)11-4-3-10(7-15)12-13-11/h3-4,8-9,15H,5-7H2,1-2H3.